The van der Waals surface area contributed by atoms with Crippen LogP contribution in [0.2, 0.25) is 0 Å². The molecule has 156 valence electrons. The summed E-state index contributed by atoms with van der Waals surface area (Å²) in [7, 11) is 0. The molecule has 0 aliphatic carbocycles. The van der Waals surface area contributed by atoms with Gasteiger partial charge >= 0.3 is 5.97 Å². The predicted octanol–water partition coefficient (Wildman–Crippen LogP) is 2.75. The molecule has 0 atom stereocenters. The third-order valence-corrected chi connectivity index (χ3v) is 5.01. The van der Waals surface area contributed by atoms with Gasteiger partial charge in [-0.1, -0.05) is 5.16 Å². The topological polar surface area (TPSA) is 112 Å². The number of nitrogens with zero attached hydrogens (tertiary/aromatic N) is 4. The Kier molecular flexibility index (Phi) is 6.17. The van der Waals surface area contributed by atoms with E-state index in [0.717, 1.165) is 5.56 Å². The molecule has 30 heavy (non-hydrogen) atoms. The molecule has 0 spiro atoms. The molecule has 0 saturated carbocycles. The second kappa shape index (κ2) is 9.34. The van der Waals surface area contributed by atoms with Crippen molar-refractivity contribution in [2.45, 2.75) is 25.7 Å². The molecule has 0 radical (unpaired) electrons. The highest BCUT2D eigenvalue weighted by molar-refractivity contribution is 5.91. The molecule has 9 nitrogen and oxygen atoms in total. The summed E-state index contributed by atoms with van der Waals surface area (Å²) in [6.07, 6.45) is 7.12. The lowest BCUT2D eigenvalue weighted by Crippen LogP contribution is -2.40. The van der Waals surface area contributed by atoms with Crippen molar-refractivity contribution in [1.29, 1.82) is 0 Å². The van der Waals surface area contributed by atoms with Crippen LogP contribution >= 0.6 is 0 Å². The van der Waals surface area contributed by atoms with E-state index in [2.05, 4.69) is 15.1 Å². The third-order valence-electron chi connectivity index (χ3n) is 5.01. The first-order valence-corrected chi connectivity index (χ1v) is 9.93. The Morgan fingerprint density at radius 1 is 1.20 bits per heavy atom. The summed E-state index contributed by atoms with van der Waals surface area (Å²) >= 11 is 0. The van der Waals surface area contributed by atoms with Gasteiger partial charge in [0.15, 0.2) is 5.76 Å². The highest BCUT2D eigenvalue weighted by atomic mass is 16.5. The summed E-state index contributed by atoms with van der Waals surface area (Å²) in [5.74, 6) is 0.759. The van der Waals surface area contributed by atoms with Crippen LogP contribution in [0.25, 0.3) is 11.4 Å². The average Bonchev–Trinajstić information content (AvgIpc) is 3.49. The minimum Gasteiger partial charge on any atom is -0.465 e. The lowest BCUT2D eigenvalue weighted by molar-refractivity contribution is -0.150. The van der Waals surface area contributed by atoms with Crippen LogP contribution in [0.15, 0.2) is 51.9 Å². The normalized spacial score (nSPS) is 14.6. The van der Waals surface area contributed by atoms with Crippen LogP contribution in [-0.2, 0) is 16.0 Å². The summed E-state index contributed by atoms with van der Waals surface area (Å²) in [5, 5.41) is 3.94. The van der Waals surface area contributed by atoms with Crippen molar-refractivity contribution < 1.29 is 23.3 Å². The summed E-state index contributed by atoms with van der Waals surface area (Å²) in [5.41, 5.74) is 0.788. The quantitative estimate of drug-likeness (QED) is 0.432. The van der Waals surface area contributed by atoms with Gasteiger partial charge in [0, 0.05) is 37.5 Å². The molecule has 3 aromatic rings. The van der Waals surface area contributed by atoms with Gasteiger partial charge in [-0.3, -0.25) is 14.6 Å². The van der Waals surface area contributed by atoms with E-state index in [0.29, 0.717) is 56.2 Å². The number of ether oxygens (including phenoxy) is 1. The standard InChI is InChI=1S/C21H22N4O5/c26-20(17-5-2-12-28-17)25-10-7-15(8-11-25)21(27)29-13-3-6-18-23-19(24-30-18)16-4-1-9-22-14-16/h1-2,4-5,9,12,14-15H,3,6-8,10-11,13H2. The SMILES string of the molecule is O=C(OCCCc1nc(-c2cccnc2)no1)C1CCN(C(=O)c2ccco2)CC1. The number of amides is 1. The number of piperidine rings is 1. The van der Waals surface area contributed by atoms with E-state index in [9.17, 15) is 9.59 Å². The minimum absolute atomic E-state index is 0.142. The van der Waals surface area contributed by atoms with Crippen molar-refractivity contribution in [1.82, 2.24) is 20.0 Å². The third kappa shape index (κ3) is 4.73. The van der Waals surface area contributed by atoms with E-state index < -0.39 is 0 Å². The maximum absolute atomic E-state index is 12.3. The smallest absolute Gasteiger partial charge is 0.309 e. The molecule has 0 aromatic carbocycles. The molecule has 9 heteroatoms. The molecule has 1 saturated heterocycles. The first-order chi connectivity index (χ1) is 14.7. The van der Waals surface area contributed by atoms with E-state index in [-0.39, 0.29) is 24.4 Å². The molecule has 1 fully saturated rings. The van der Waals surface area contributed by atoms with Crippen LogP contribution in [0.5, 0.6) is 0 Å². The van der Waals surface area contributed by atoms with Gasteiger partial charge in [-0.25, -0.2) is 0 Å². The highest BCUT2D eigenvalue weighted by Crippen LogP contribution is 2.21. The number of hydrogen-bond donors (Lipinski definition) is 0. The van der Waals surface area contributed by atoms with Gasteiger partial charge in [-0.05, 0) is 43.5 Å². The Balaban J connectivity index is 1.16. The lowest BCUT2D eigenvalue weighted by atomic mass is 9.97. The van der Waals surface area contributed by atoms with E-state index >= 15 is 0 Å². The molecule has 1 aliphatic rings. The Morgan fingerprint density at radius 3 is 2.80 bits per heavy atom. The van der Waals surface area contributed by atoms with Gasteiger partial charge in [0.1, 0.15) is 0 Å². The molecule has 0 bridgehead atoms. The zero-order valence-electron chi connectivity index (χ0n) is 16.4. The van der Waals surface area contributed by atoms with Crippen molar-refractivity contribution >= 4 is 11.9 Å². The molecule has 4 rings (SSSR count). The van der Waals surface area contributed by atoms with Crippen molar-refractivity contribution in [3.05, 3.63) is 54.6 Å². The molecule has 4 heterocycles. The number of furan rings is 1. The van der Waals surface area contributed by atoms with Gasteiger partial charge < -0.3 is 18.6 Å². The van der Waals surface area contributed by atoms with E-state index in [1.165, 1.54) is 6.26 Å². The lowest BCUT2D eigenvalue weighted by Gasteiger charge is -2.30. The fourth-order valence-electron chi connectivity index (χ4n) is 3.36. The monoisotopic (exact) mass is 410 g/mol. The first kappa shape index (κ1) is 19.8. The molecule has 3 aromatic heterocycles. The Hall–Kier alpha value is -3.49. The van der Waals surface area contributed by atoms with E-state index in [1.54, 1.807) is 29.4 Å². The van der Waals surface area contributed by atoms with Crippen molar-refractivity contribution in [3.8, 4) is 11.4 Å². The van der Waals surface area contributed by atoms with Crippen LogP contribution in [0.3, 0.4) is 0 Å². The Morgan fingerprint density at radius 2 is 2.07 bits per heavy atom. The van der Waals surface area contributed by atoms with Crippen LogP contribution in [0.4, 0.5) is 0 Å². The molecule has 1 amide bonds. The van der Waals surface area contributed by atoms with Gasteiger partial charge in [0.2, 0.25) is 11.7 Å². The molecule has 0 N–H and O–H groups in total. The number of carbonyl (C=O) groups excluding carboxylic acids is 2. The number of rotatable bonds is 7. The molecular formula is C21H22N4O5. The zero-order chi connectivity index (χ0) is 20.8. The van der Waals surface area contributed by atoms with Crippen molar-refractivity contribution in [2.24, 2.45) is 5.92 Å². The maximum atomic E-state index is 12.3. The first-order valence-electron chi connectivity index (χ1n) is 9.93. The molecule has 1 aliphatic heterocycles. The van der Waals surface area contributed by atoms with Gasteiger partial charge in [0.05, 0.1) is 18.8 Å². The Labute approximate surface area is 173 Å². The van der Waals surface area contributed by atoms with Gasteiger partial charge in [-0.15, -0.1) is 0 Å². The minimum atomic E-state index is -0.221. The Bertz CT molecular complexity index is 962. The number of aryl methyl sites for hydroxylation is 1. The summed E-state index contributed by atoms with van der Waals surface area (Å²) in [6, 6.07) is 7.00. The number of carbonyl (C=O) groups is 2. The number of aromatic nitrogens is 3. The number of likely N-dealkylation sites (tertiary alicyclic amines) is 1. The zero-order valence-corrected chi connectivity index (χ0v) is 16.4. The number of esters is 1. The second-order valence-electron chi connectivity index (χ2n) is 7.07. The van der Waals surface area contributed by atoms with E-state index in [4.69, 9.17) is 13.7 Å². The second-order valence-corrected chi connectivity index (χ2v) is 7.07. The van der Waals surface area contributed by atoms with Crippen LogP contribution < -0.4 is 0 Å². The van der Waals surface area contributed by atoms with E-state index in [1.807, 2.05) is 12.1 Å². The van der Waals surface area contributed by atoms with Crippen LogP contribution in [0.1, 0.15) is 35.7 Å². The maximum Gasteiger partial charge on any atom is 0.309 e. The number of pyridine rings is 1. The van der Waals surface area contributed by atoms with Gasteiger partial charge in [0.25, 0.3) is 5.91 Å². The molecule has 0 unspecified atom stereocenters. The summed E-state index contributed by atoms with van der Waals surface area (Å²) in [4.78, 5) is 34.6. The van der Waals surface area contributed by atoms with Crippen LogP contribution in [0, 0.1) is 5.92 Å². The fourth-order valence-corrected chi connectivity index (χ4v) is 3.36. The molecular weight excluding hydrogens is 388 g/mol. The van der Waals surface area contributed by atoms with Crippen molar-refractivity contribution in [3.63, 3.8) is 0 Å². The summed E-state index contributed by atoms with van der Waals surface area (Å²) in [6.45, 7) is 1.31. The number of hydrogen-bond acceptors (Lipinski definition) is 8. The van der Waals surface area contributed by atoms with Gasteiger partial charge in [-0.2, -0.15) is 4.98 Å². The van der Waals surface area contributed by atoms with Crippen LogP contribution in [-0.4, -0.2) is 51.6 Å². The van der Waals surface area contributed by atoms with Crippen molar-refractivity contribution in [2.75, 3.05) is 19.7 Å². The predicted molar refractivity (Wildman–Crippen MR) is 104 cm³/mol. The largest absolute Gasteiger partial charge is 0.465 e. The average molecular weight is 410 g/mol. The summed E-state index contributed by atoms with van der Waals surface area (Å²) < 4.78 is 15.8. The highest BCUT2D eigenvalue weighted by Gasteiger charge is 2.29. The fraction of sp³-hybridized carbons (Fsp3) is 0.381.